The quantitative estimate of drug-likeness (QED) is 0.663. The number of rotatable bonds is 7. The summed E-state index contributed by atoms with van der Waals surface area (Å²) in [6.07, 6.45) is 0.129. The molecular formula is C21H20N2O6. The number of anilines is 1. The lowest BCUT2D eigenvalue weighted by molar-refractivity contribution is -0.121. The van der Waals surface area contributed by atoms with Gasteiger partial charge in [-0.3, -0.25) is 4.79 Å². The molecule has 150 valence electrons. The molecule has 0 bridgehead atoms. The van der Waals surface area contributed by atoms with Crippen molar-refractivity contribution in [3.05, 3.63) is 48.0 Å². The highest BCUT2D eigenvalue weighted by Crippen LogP contribution is 2.34. The van der Waals surface area contributed by atoms with E-state index in [2.05, 4.69) is 0 Å². The van der Waals surface area contributed by atoms with Gasteiger partial charge in [-0.2, -0.15) is 5.26 Å². The number of carbonyl (C=O) groups excluding carboxylic acids is 2. The van der Waals surface area contributed by atoms with Crippen LogP contribution in [0.3, 0.4) is 0 Å². The summed E-state index contributed by atoms with van der Waals surface area (Å²) in [5, 5.41) is 8.92. The molecule has 0 N–H and O–H groups in total. The monoisotopic (exact) mass is 396 g/mol. The average Bonchev–Trinajstić information content (AvgIpc) is 2.77. The number of nitriles is 1. The first-order chi connectivity index (χ1) is 14.1. The number of nitrogens with zero attached hydrogens (tertiary/aromatic N) is 2. The molecule has 0 fully saturated rings. The molecule has 1 aliphatic rings. The van der Waals surface area contributed by atoms with Crippen LogP contribution in [0.15, 0.2) is 42.5 Å². The van der Waals surface area contributed by atoms with Gasteiger partial charge in [-0.1, -0.05) is 6.07 Å². The number of benzene rings is 2. The zero-order valence-corrected chi connectivity index (χ0v) is 15.9. The fraction of sp³-hybridized carbons (Fsp3) is 0.286. The van der Waals surface area contributed by atoms with Gasteiger partial charge in [-0.15, -0.1) is 0 Å². The minimum Gasteiger partial charge on any atom is -0.497 e. The smallest absolute Gasteiger partial charge is 0.338 e. The number of hydrogen-bond donors (Lipinski definition) is 0. The number of methoxy groups -OCH3 is 1. The van der Waals surface area contributed by atoms with Crippen molar-refractivity contribution in [1.82, 2.24) is 0 Å². The first-order valence-electron chi connectivity index (χ1n) is 9.00. The van der Waals surface area contributed by atoms with Crippen molar-refractivity contribution >= 4 is 17.6 Å². The van der Waals surface area contributed by atoms with Gasteiger partial charge in [0.15, 0.2) is 18.1 Å². The number of esters is 1. The summed E-state index contributed by atoms with van der Waals surface area (Å²) < 4.78 is 21.3. The maximum atomic E-state index is 12.7. The summed E-state index contributed by atoms with van der Waals surface area (Å²) in [5.41, 5.74) is 0.812. The Hall–Kier alpha value is -3.73. The molecule has 1 amide bonds. The van der Waals surface area contributed by atoms with Crippen molar-refractivity contribution in [2.45, 2.75) is 6.42 Å². The zero-order valence-electron chi connectivity index (χ0n) is 15.9. The molecular weight excluding hydrogens is 376 g/mol. The van der Waals surface area contributed by atoms with Gasteiger partial charge in [0.1, 0.15) is 19.0 Å². The molecule has 8 heteroatoms. The molecule has 1 aliphatic heterocycles. The third-order valence-electron chi connectivity index (χ3n) is 4.22. The van der Waals surface area contributed by atoms with E-state index >= 15 is 0 Å². The minimum absolute atomic E-state index is 0.129. The number of hydrogen-bond acceptors (Lipinski definition) is 7. The maximum absolute atomic E-state index is 12.7. The van der Waals surface area contributed by atoms with E-state index in [-0.39, 0.29) is 18.5 Å². The summed E-state index contributed by atoms with van der Waals surface area (Å²) in [7, 11) is 1.49. The molecule has 0 saturated carbocycles. The van der Waals surface area contributed by atoms with Crippen LogP contribution in [0.1, 0.15) is 16.8 Å². The van der Waals surface area contributed by atoms with Crippen LogP contribution in [-0.4, -0.2) is 45.4 Å². The highest BCUT2D eigenvalue weighted by Gasteiger charge is 2.21. The number of carbonyl (C=O) groups is 2. The molecule has 0 unspecified atom stereocenters. The summed E-state index contributed by atoms with van der Waals surface area (Å²) in [6.45, 7) is 0.575. The van der Waals surface area contributed by atoms with E-state index in [0.717, 1.165) is 0 Å². The fourth-order valence-corrected chi connectivity index (χ4v) is 2.80. The Kier molecular flexibility index (Phi) is 6.53. The molecule has 2 aromatic rings. The molecule has 0 saturated heterocycles. The van der Waals surface area contributed by atoms with Crippen LogP contribution in [0.4, 0.5) is 5.69 Å². The molecule has 0 radical (unpaired) electrons. The van der Waals surface area contributed by atoms with Gasteiger partial charge in [-0.25, -0.2) is 4.79 Å². The van der Waals surface area contributed by atoms with Crippen LogP contribution in [0.25, 0.3) is 0 Å². The SMILES string of the molecule is COc1cccc(C(=O)OCC(=O)N(CCC#N)c2ccc3c(c2)OCCO3)c1. The molecule has 0 aliphatic carbocycles. The first kappa shape index (κ1) is 20.0. The lowest BCUT2D eigenvalue weighted by Crippen LogP contribution is -2.35. The largest absolute Gasteiger partial charge is 0.497 e. The van der Waals surface area contributed by atoms with E-state index in [1.54, 1.807) is 36.4 Å². The predicted molar refractivity (Wildman–Crippen MR) is 103 cm³/mol. The second-order valence-electron chi connectivity index (χ2n) is 6.09. The Bertz CT molecular complexity index is 937. The lowest BCUT2D eigenvalue weighted by atomic mass is 10.2. The molecule has 0 atom stereocenters. The van der Waals surface area contributed by atoms with Gasteiger partial charge in [0.25, 0.3) is 5.91 Å². The second kappa shape index (κ2) is 9.46. The van der Waals surface area contributed by atoms with E-state index in [1.165, 1.54) is 18.1 Å². The minimum atomic E-state index is -0.639. The molecule has 1 heterocycles. The molecule has 29 heavy (non-hydrogen) atoms. The van der Waals surface area contributed by atoms with E-state index in [9.17, 15) is 9.59 Å². The van der Waals surface area contributed by atoms with Crippen molar-refractivity contribution in [3.8, 4) is 23.3 Å². The van der Waals surface area contributed by atoms with Gasteiger partial charge < -0.3 is 23.8 Å². The Labute approximate surface area is 168 Å². The number of amides is 1. The van der Waals surface area contributed by atoms with Crippen LogP contribution in [0.2, 0.25) is 0 Å². The number of fused-ring (bicyclic) bond motifs is 1. The van der Waals surface area contributed by atoms with Crippen LogP contribution in [-0.2, 0) is 9.53 Å². The van der Waals surface area contributed by atoms with Gasteiger partial charge >= 0.3 is 5.97 Å². The third-order valence-corrected chi connectivity index (χ3v) is 4.22. The van der Waals surface area contributed by atoms with Crippen LogP contribution in [0.5, 0.6) is 17.2 Å². The topological polar surface area (TPSA) is 98.1 Å². The zero-order chi connectivity index (χ0) is 20.6. The molecule has 3 rings (SSSR count). The molecule has 0 spiro atoms. The van der Waals surface area contributed by atoms with Crippen molar-refractivity contribution in [3.63, 3.8) is 0 Å². The van der Waals surface area contributed by atoms with E-state index in [0.29, 0.717) is 36.1 Å². The van der Waals surface area contributed by atoms with Gasteiger partial charge in [-0.05, 0) is 30.3 Å². The Balaban J connectivity index is 1.70. The highest BCUT2D eigenvalue weighted by atomic mass is 16.6. The molecule has 2 aromatic carbocycles. The van der Waals surface area contributed by atoms with Crippen molar-refractivity contribution in [2.75, 3.05) is 38.4 Å². The van der Waals surface area contributed by atoms with Gasteiger partial charge in [0, 0.05) is 18.3 Å². The average molecular weight is 396 g/mol. The molecule has 0 aromatic heterocycles. The second-order valence-corrected chi connectivity index (χ2v) is 6.09. The summed E-state index contributed by atoms with van der Waals surface area (Å²) in [5.74, 6) is 0.541. The fourth-order valence-electron chi connectivity index (χ4n) is 2.80. The normalized spacial score (nSPS) is 11.9. The summed E-state index contributed by atoms with van der Waals surface area (Å²) in [6, 6.07) is 13.6. The van der Waals surface area contributed by atoms with Gasteiger partial charge in [0.05, 0.1) is 25.2 Å². The Morgan fingerprint density at radius 3 is 2.69 bits per heavy atom. The third kappa shape index (κ3) is 4.96. The highest BCUT2D eigenvalue weighted by molar-refractivity contribution is 5.97. The van der Waals surface area contributed by atoms with E-state index in [1.807, 2.05) is 6.07 Å². The summed E-state index contributed by atoms with van der Waals surface area (Å²) >= 11 is 0. The van der Waals surface area contributed by atoms with Crippen LogP contribution in [0, 0.1) is 11.3 Å². The van der Waals surface area contributed by atoms with Crippen molar-refractivity contribution in [2.24, 2.45) is 0 Å². The van der Waals surface area contributed by atoms with E-state index < -0.39 is 18.5 Å². The Morgan fingerprint density at radius 2 is 1.93 bits per heavy atom. The molecule has 8 nitrogen and oxygen atoms in total. The number of ether oxygens (including phenoxy) is 4. The van der Waals surface area contributed by atoms with Gasteiger partial charge in [0.2, 0.25) is 0 Å². The Morgan fingerprint density at radius 1 is 1.14 bits per heavy atom. The first-order valence-corrected chi connectivity index (χ1v) is 9.00. The van der Waals surface area contributed by atoms with Crippen LogP contribution >= 0.6 is 0 Å². The van der Waals surface area contributed by atoms with Crippen molar-refractivity contribution in [1.29, 1.82) is 5.26 Å². The standard InChI is InChI=1S/C21H20N2O6/c1-26-17-5-2-4-15(12-17)21(25)29-14-20(24)23(9-3-8-22)16-6-7-18-19(13-16)28-11-10-27-18/h2,4-7,12-13H,3,9-11,14H2,1H3. The van der Waals surface area contributed by atoms with Crippen LogP contribution < -0.4 is 19.1 Å². The maximum Gasteiger partial charge on any atom is 0.338 e. The van der Waals surface area contributed by atoms with Crippen molar-refractivity contribution < 1.29 is 28.5 Å². The predicted octanol–water partition coefficient (Wildman–Crippen LogP) is 2.57. The van der Waals surface area contributed by atoms with E-state index in [4.69, 9.17) is 24.2 Å². The lowest BCUT2D eigenvalue weighted by Gasteiger charge is -2.24. The summed E-state index contributed by atoms with van der Waals surface area (Å²) in [4.78, 5) is 26.4.